The van der Waals surface area contributed by atoms with Crippen LogP contribution in [0.5, 0.6) is 0 Å². The Kier molecular flexibility index (Phi) is 8.06. The number of aromatic nitrogens is 3. The van der Waals surface area contributed by atoms with Crippen LogP contribution in [0.25, 0.3) is 0 Å². The Morgan fingerprint density at radius 1 is 1.09 bits per heavy atom. The summed E-state index contributed by atoms with van der Waals surface area (Å²) in [5, 5.41) is 17.5. The van der Waals surface area contributed by atoms with Crippen molar-refractivity contribution >= 4 is 40.0 Å². The molecule has 0 spiro atoms. The molecule has 0 saturated heterocycles. The van der Waals surface area contributed by atoms with Crippen LogP contribution in [0.4, 0.5) is 15.3 Å². The second-order valence-electron chi connectivity index (χ2n) is 7.73. The van der Waals surface area contributed by atoms with Crippen molar-refractivity contribution in [3.8, 4) is 0 Å². The molecule has 4 aromatic rings. The van der Waals surface area contributed by atoms with E-state index in [4.69, 9.17) is 0 Å². The summed E-state index contributed by atoms with van der Waals surface area (Å²) in [6.45, 7) is 1.90. The Balaban J connectivity index is 1.44. The highest BCUT2D eigenvalue weighted by Crippen LogP contribution is 2.36. The van der Waals surface area contributed by atoms with E-state index < -0.39 is 17.3 Å². The van der Waals surface area contributed by atoms with Crippen LogP contribution >= 0.6 is 23.1 Å². The Bertz CT molecular complexity index is 1270. The molecule has 180 valence electrons. The monoisotopic (exact) mass is 509 g/mol. The number of hydrogen-bond donors (Lipinski definition) is 3. The molecular weight excluding hydrogens is 485 g/mol. The predicted octanol–water partition coefficient (Wildman–Crippen LogP) is 5.38. The van der Waals surface area contributed by atoms with Crippen LogP contribution in [-0.2, 0) is 5.60 Å². The van der Waals surface area contributed by atoms with Gasteiger partial charge < -0.3 is 15.7 Å². The number of carbonyl (C=O) groups is 1. The topological polar surface area (TPSA) is 100 Å². The van der Waals surface area contributed by atoms with Gasteiger partial charge in [-0.15, -0.1) is 0 Å². The lowest BCUT2D eigenvalue weighted by Gasteiger charge is -2.28. The first-order chi connectivity index (χ1) is 17.0. The molecule has 35 heavy (non-hydrogen) atoms. The van der Waals surface area contributed by atoms with Crippen LogP contribution in [0.15, 0.2) is 82.3 Å². The Morgan fingerprint density at radius 3 is 2.63 bits per heavy atom. The number of halogens is 1. The molecule has 1 atom stereocenters. The third kappa shape index (κ3) is 6.21. The van der Waals surface area contributed by atoms with Gasteiger partial charge in [0.2, 0.25) is 0 Å². The van der Waals surface area contributed by atoms with E-state index in [0.29, 0.717) is 29.4 Å². The van der Waals surface area contributed by atoms with Crippen molar-refractivity contribution in [2.45, 2.75) is 34.5 Å². The van der Waals surface area contributed by atoms with E-state index >= 15 is 4.39 Å². The van der Waals surface area contributed by atoms with Gasteiger partial charge in [0.1, 0.15) is 11.4 Å². The number of thiazole rings is 1. The van der Waals surface area contributed by atoms with Crippen molar-refractivity contribution < 1.29 is 14.3 Å². The van der Waals surface area contributed by atoms with Gasteiger partial charge in [-0.05, 0) is 30.2 Å². The smallest absolute Gasteiger partial charge is 0.273 e. The highest BCUT2D eigenvalue weighted by molar-refractivity contribution is 8.01. The summed E-state index contributed by atoms with van der Waals surface area (Å²) in [5.41, 5.74) is -0.882. The van der Waals surface area contributed by atoms with E-state index in [1.54, 1.807) is 12.4 Å². The van der Waals surface area contributed by atoms with Crippen LogP contribution in [0.1, 0.15) is 35.8 Å². The second kappa shape index (κ2) is 11.4. The van der Waals surface area contributed by atoms with Crippen LogP contribution in [-0.4, -0.2) is 32.5 Å². The van der Waals surface area contributed by atoms with Gasteiger partial charge in [0, 0.05) is 12.4 Å². The first-order valence-electron chi connectivity index (χ1n) is 11.0. The van der Waals surface area contributed by atoms with Crippen molar-refractivity contribution in [2.75, 3.05) is 11.9 Å². The summed E-state index contributed by atoms with van der Waals surface area (Å²) in [7, 11) is 0. The number of amides is 1. The van der Waals surface area contributed by atoms with Gasteiger partial charge in [0.05, 0.1) is 21.8 Å². The zero-order chi connectivity index (χ0) is 24.7. The van der Waals surface area contributed by atoms with Gasteiger partial charge in [0.25, 0.3) is 5.91 Å². The fourth-order valence-electron chi connectivity index (χ4n) is 3.49. The molecule has 4 rings (SSSR count). The predicted molar refractivity (Wildman–Crippen MR) is 136 cm³/mol. The zero-order valence-corrected chi connectivity index (χ0v) is 20.6. The van der Waals surface area contributed by atoms with E-state index in [-0.39, 0.29) is 17.1 Å². The van der Waals surface area contributed by atoms with E-state index in [0.717, 1.165) is 16.0 Å². The summed E-state index contributed by atoms with van der Waals surface area (Å²) in [4.78, 5) is 25.5. The first-order valence-corrected chi connectivity index (χ1v) is 12.6. The van der Waals surface area contributed by atoms with Gasteiger partial charge in [-0.25, -0.2) is 19.3 Å². The van der Waals surface area contributed by atoms with E-state index in [1.165, 1.54) is 23.6 Å². The average Bonchev–Trinajstić information content (AvgIpc) is 3.32. The Hall–Kier alpha value is -3.34. The minimum atomic E-state index is -1.26. The summed E-state index contributed by atoms with van der Waals surface area (Å²) >= 11 is 2.50. The highest BCUT2D eigenvalue weighted by Gasteiger charge is 2.29. The molecule has 0 aliphatic heterocycles. The molecule has 0 aliphatic rings. The fourth-order valence-corrected chi connectivity index (χ4v) is 5.36. The lowest BCUT2D eigenvalue weighted by molar-refractivity contribution is 0.0260. The van der Waals surface area contributed by atoms with Crippen molar-refractivity contribution in [3.05, 3.63) is 90.3 Å². The number of nitrogens with one attached hydrogen (secondary N) is 2. The number of aliphatic hydroxyl groups is 1. The quantitative estimate of drug-likeness (QED) is 0.264. The molecule has 3 heterocycles. The number of hydrogen-bond acceptors (Lipinski definition) is 8. The van der Waals surface area contributed by atoms with Gasteiger partial charge in [-0.1, -0.05) is 72.8 Å². The van der Waals surface area contributed by atoms with Crippen LogP contribution in [0.3, 0.4) is 0 Å². The molecule has 0 unspecified atom stereocenters. The molecule has 7 nitrogen and oxygen atoms in total. The number of benzene rings is 1. The second-order valence-corrected chi connectivity index (χ2v) is 10.1. The first kappa shape index (κ1) is 24.8. The average molecular weight is 510 g/mol. The van der Waals surface area contributed by atoms with Gasteiger partial charge in [0.15, 0.2) is 16.6 Å². The van der Waals surface area contributed by atoms with Crippen LogP contribution < -0.4 is 10.6 Å². The third-order valence-electron chi connectivity index (χ3n) is 5.18. The summed E-state index contributed by atoms with van der Waals surface area (Å²) in [6, 6.07) is 16.2. The van der Waals surface area contributed by atoms with E-state index in [2.05, 4.69) is 25.6 Å². The van der Waals surface area contributed by atoms with E-state index in [1.807, 2.05) is 55.5 Å². The number of carbonyl (C=O) groups excluding carboxylic acids is 1. The minimum absolute atomic E-state index is 0.0560. The zero-order valence-electron chi connectivity index (χ0n) is 18.9. The summed E-state index contributed by atoms with van der Waals surface area (Å²) in [6.07, 6.45) is 5.86. The summed E-state index contributed by atoms with van der Waals surface area (Å²) in [5.74, 6) is -0.746. The SMILES string of the molecule is CCC[C@@](O)(CNC(=O)c1nccc(Sc2cnc(Nc3ccccn3)s2)c1F)c1ccccc1. The molecule has 0 aliphatic carbocycles. The lowest BCUT2D eigenvalue weighted by atomic mass is 9.89. The number of nitrogens with zero attached hydrogens (tertiary/aromatic N) is 3. The largest absolute Gasteiger partial charge is 0.383 e. The van der Waals surface area contributed by atoms with Gasteiger partial charge in [-0.3, -0.25) is 4.79 Å². The molecule has 3 N–H and O–H groups in total. The molecule has 0 saturated carbocycles. The van der Waals surface area contributed by atoms with Crippen molar-refractivity contribution in [1.29, 1.82) is 0 Å². The normalized spacial score (nSPS) is 12.7. The number of rotatable bonds is 10. The molecule has 0 fully saturated rings. The fraction of sp³-hybridized carbons (Fsp3) is 0.200. The van der Waals surface area contributed by atoms with Gasteiger partial charge in [-0.2, -0.15) is 0 Å². The van der Waals surface area contributed by atoms with Crippen molar-refractivity contribution in [3.63, 3.8) is 0 Å². The Morgan fingerprint density at radius 2 is 1.89 bits per heavy atom. The van der Waals surface area contributed by atoms with E-state index in [9.17, 15) is 9.90 Å². The molecule has 3 aromatic heterocycles. The number of anilines is 2. The lowest BCUT2D eigenvalue weighted by Crippen LogP contribution is -2.41. The maximum absolute atomic E-state index is 15.2. The van der Waals surface area contributed by atoms with Crippen molar-refractivity contribution in [1.82, 2.24) is 20.3 Å². The highest BCUT2D eigenvalue weighted by atomic mass is 32.2. The molecule has 10 heteroatoms. The van der Waals surface area contributed by atoms with Crippen molar-refractivity contribution in [2.24, 2.45) is 0 Å². The minimum Gasteiger partial charge on any atom is -0.383 e. The summed E-state index contributed by atoms with van der Waals surface area (Å²) < 4.78 is 15.9. The Labute approximate surface area is 210 Å². The maximum atomic E-state index is 15.2. The molecule has 1 amide bonds. The molecule has 1 aromatic carbocycles. The molecular formula is C25H24FN5O2S2. The molecule has 0 radical (unpaired) electrons. The third-order valence-corrected chi connectivity index (χ3v) is 7.23. The van der Waals surface area contributed by atoms with Crippen LogP contribution in [0, 0.1) is 5.82 Å². The van der Waals surface area contributed by atoms with Crippen LogP contribution in [0.2, 0.25) is 0 Å². The number of pyridine rings is 2. The standard InChI is InChI=1S/C25H24FN5O2S2/c1-2-12-25(33,17-8-4-3-5-9-17)16-30-23(32)22-21(26)18(11-14-28-22)34-20-15-29-24(35-20)31-19-10-6-7-13-27-19/h3-11,13-15,33H,2,12,16H2,1H3,(H,30,32)(H,27,29,31)/t25-/m1/s1. The van der Waals surface area contributed by atoms with Gasteiger partial charge >= 0.3 is 0 Å². The molecule has 0 bridgehead atoms. The maximum Gasteiger partial charge on any atom is 0.273 e.